The van der Waals surface area contributed by atoms with Crippen LogP contribution in [0.1, 0.15) is 0 Å². The van der Waals surface area contributed by atoms with Gasteiger partial charge in [-0.15, -0.1) is 0 Å². The third-order valence-electron chi connectivity index (χ3n) is 1.56. The maximum absolute atomic E-state index is 4.13. The Kier molecular flexibility index (Phi) is 1.25. The number of hydrogen-bond donors (Lipinski definition) is 1. The van der Waals surface area contributed by atoms with Gasteiger partial charge in [-0.05, 0) is 6.07 Å². The molecule has 0 saturated heterocycles. The Bertz CT molecular complexity index is 365. The zero-order valence-corrected chi connectivity index (χ0v) is 6.15. The smallest absolute Gasteiger partial charge is 0.208 e. The summed E-state index contributed by atoms with van der Waals surface area (Å²) in [6.07, 6.45) is 5.28. The summed E-state index contributed by atoms with van der Waals surface area (Å²) in [6, 6.07) is 1.91. The second-order valence-electron chi connectivity index (χ2n) is 2.21. The average molecular weight is 148 g/mol. The van der Waals surface area contributed by atoms with Crippen molar-refractivity contribution in [3.8, 4) is 0 Å². The number of nitrogens with one attached hydrogen (secondary N) is 1. The van der Waals surface area contributed by atoms with E-state index in [1.165, 1.54) is 0 Å². The van der Waals surface area contributed by atoms with E-state index in [0.29, 0.717) is 0 Å². The van der Waals surface area contributed by atoms with Crippen molar-refractivity contribution in [2.24, 2.45) is 0 Å². The molecule has 0 atom stereocenters. The lowest BCUT2D eigenvalue weighted by atomic mass is 10.5. The fraction of sp³-hybridized carbons (Fsp3) is 0.143. The van der Waals surface area contributed by atoms with Crippen LogP contribution in [0.25, 0.3) is 5.52 Å². The molecule has 4 heteroatoms. The van der Waals surface area contributed by atoms with Crippen LogP contribution in [0.4, 0.5) is 5.95 Å². The van der Waals surface area contributed by atoms with Gasteiger partial charge in [-0.2, -0.15) is 0 Å². The van der Waals surface area contributed by atoms with Crippen molar-refractivity contribution in [3.05, 3.63) is 24.8 Å². The number of rotatable bonds is 1. The fourth-order valence-electron chi connectivity index (χ4n) is 1.03. The van der Waals surface area contributed by atoms with Crippen molar-refractivity contribution >= 4 is 11.5 Å². The standard InChI is InChI=1S/C7H8N4/c1-8-7-10-4-6-2-3-9-5-11(6)7/h2-5H,1H3,(H,8,10). The normalized spacial score (nSPS) is 10.3. The van der Waals surface area contributed by atoms with Crippen LogP contribution in [-0.2, 0) is 0 Å². The first-order chi connectivity index (χ1) is 5.42. The van der Waals surface area contributed by atoms with Crippen molar-refractivity contribution in [1.29, 1.82) is 0 Å². The van der Waals surface area contributed by atoms with E-state index in [1.807, 2.05) is 17.5 Å². The lowest BCUT2D eigenvalue weighted by Crippen LogP contribution is -1.95. The summed E-state index contributed by atoms with van der Waals surface area (Å²) >= 11 is 0. The molecule has 2 heterocycles. The second kappa shape index (κ2) is 2.23. The molecular weight excluding hydrogens is 140 g/mol. The summed E-state index contributed by atoms with van der Waals surface area (Å²) in [5.74, 6) is 0.813. The quantitative estimate of drug-likeness (QED) is 0.649. The topological polar surface area (TPSA) is 42.2 Å². The Balaban J connectivity index is 2.76. The molecule has 0 saturated carbocycles. The number of aromatic nitrogens is 3. The Hall–Kier alpha value is -1.58. The van der Waals surface area contributed by atoms with E-state index in [0.717, 1.165) is 11.5 Å². The molecule has 0 aliphatic rings. The number of fused-ring (bicyclic) bond motifs is 1. The minimum absolute atomic E-state index is 0.813. The maximum atomic E-state index is 4.13. The van der Waals surface area contributed by atoms with Crippen LogP contribution in [0.15, 0.2) is 24.8 Å². The van der Waals surface area contributed by atoms with Gasteiger partial charge in [-0.25, -0.2) is 9.97 Å². The summed E-state index contributed by atoms with van der Waals surface area (Å²) in [7, 11) is 1.84. The third-order valence-corrected chi connectivity index (χ3v) is 1.56. The highest BCUT2D eigenvalue weighted by Crippen LogP contribution is 2.07. The average Bonchev–Trinajstić information content (AvgIpc) is 2.47. The monoisotopic (exact) mass is 148 g/mol. The van der Waals surface area contributed by atoms with Crippen LogP contribution >= 0.6 is 0 Å². The molecule has 0 radical (unpaired) electrons. The Morgan fingerprint density at radius 2 is 2.45 bits per heavy atom. The first kappa shape index (κ1) is 6.15. The van der Waals surface area contributed by atoms with E-state index in [2.05, 4.69) is 15.3 Å². The molecule has 0 aromatic carbocycles. The van der Waals surface area contributed by atoms with E-state index in [1.54, 1.807) is 18.7 Å². The molecule has 0 spiro atoms. The zero-order chi connectivity index (χ0) is 7.68. The molecule has 0 amide bonds. The van der Waals surface area contributed by atoms with Crippen molar-refractivity contribution in [2.45, 2.75) is 0 Å². The highest BCUT2D eigenvalue weighted by molar-refractivity contribution is 5.50. The summed E-state index contributed by atoms with van der Waals surface area (Å²) in [6.45, 7) is 0. The Morgan fingerprint density at radius 1 is 1.55 bits per heavy atom. The first-order valence-electron chi connectivity index (χ1n) is 3.36. The summed E-state index contributed by atoms with van der Waals surface area (Å²) in [5.41, 5.74) is 1.05. The molecule has 4 nitrogen and oxygen atoms in total. The van der Waals surface area contributed by atoms with Crippen molar-refractivity contribution < 1.29 is 0 Å². The van der Waals surface area contributed by atoms with E-state index in [-0.39, 0.29) is 0 Å². The van der Waals surface area contributed by atoms with Crippen LogP contribution in [0.3, 0.4) is 0 Å². The highest BCUT2D eigenvalue weighted by atomic mass is 15.2. The van der Waals surface area contributed by atoms with Crippen molar-refractivity contribution in [3.63, 3.8) is 0 Å². The zero-order valence-electron chi connectivity index (χ0n) is 6.15. The molecule has 11 heavy (non-hydrogen) atoms. The van der Waals surface area contributed by atoms with Gasteiger partial charge in [-0.1, -0.05) is 0 Å². The molecule has 0 aliphatic heterocycles. The molecular formula is C7H8N4. The Labute approximate surface area is 63.9 Å². The minimum Gasteiger partial charge on any atom is -0.358 e. The van der Waals surface area contributed by atoms with Gasteiger partial charge in [0.15, 0.2) is 0 Å². The molecule has 0 bridgehead atoms. The van der Waals surface area contributed by atoms with Gasteiger partial charge in [0.2, 0.25) is 5.95 Å². The van der Waals surface area contributed by atoms with Gasteiger partial charge in [-0.3, -0.25) is 4.40 Å². The molecule has 2 rings (SSSR count). The minimum atomic E-state index is 0.813. The van der Waals surface area contributed by atoms with Gasteiger partial charge in [0.05, 0.1) is 11.7 Å². The summed E-state index contributed by atoms with van der Waals surface area (Å²) < 4.78 is 1.89. The lowest BCUT2D eigenvalue weighted by molar-refractivity contribution is 1.07. The van der Waals surface area contributed by atoms with E-state index < -0.39 is 0 Å². The fourth-order valence-corrected chi connectivity index (χ4v) is 1.03. The summed E-state index contributed by atoms with van der Waals surface area (Å²) in [5, 5.41) is 2.96. The predicted molar refractivity (Wildman–Crippen MR) is 42.5 cm³/mol. The van der Waals surface area contributed by atoms with Crippen LogP contribution in [0.5, 0.6) is 0 Å². The van der Waals surface area contributed by atoms with Crippen LogP contribution in [0.2, 0.25) is 0 Å². The first-order valence-corrected chi connectivity index (χ1v) is 3.36. The lowest BCUT2D eigenvalue weighted by Gasteiger charge is -1.96. The summed E-state index contributed by atoms with van der Waals surface area (Å²) in [4.78, 5) is 8.10. The van der Waals surface area contributed by atoms with Crippen molar-refractivity contribution in [1.82, 2.24) is 14.4 Å². The molecule has 2 aromatic heterocycles. The van der Waals surface area contributed by atoms with E-state index in [9.17, 15) is 0 Å². The Morgan fingerprint density at radius 3 is 3.27 bits per heavy atom. The molecule has 0 aliphatic carbocycles. The SMILES string of the molecule is CNc1ncc2ccncn12. The number of hydrogen-bond acceptors (Lipinski definition) is 3. The van der Waals surface area contributed by atoms with E-state index >= 15 is 0 Å². The van der Waals surface area contributed by atoms with Gasteiger partial charge in [0.1, 0.15) is 6.33 Å². The van der Waals surface area contributed by atoms with Crippen LogP contribution in [-0.4, -0.2) is 21.4 Å². The van der Waals surface area contributed by atoms with Crippen molar-refractivity contribution in [2.75, 3.05) is 12.4 Å². The molecule has 0 unspecified atom stereocenters. The maximum Gasteiger partial charge on any atom is 0.208 e. The molecule has 1 N–H and O–H groups in total. The largest absolute Gasteiger partial charge is 0.358 e. The molecule has 0 fully saturated rings. The number of imidazole rings is 1. The second-order valence-corrected chi connectivity index (χ2v) is 2.21. The van der Waals surface area contributed by atoms with Gasteiger partial charge in [0, 0.05) is 13.2 Å². The molecule has 2 aromatic rings. The van der Waals surface area contributed by atoms with Crippen LogP contribution < -0.4 is 5.32 Å². The van der Waals surface area contributed by atoms with Gasteiger partial charge in [0.25, 0.3) is 0 Å². The van der Waals surface area contributed by atoms with E-state index in [4.69, 9.17) is 0 Å². The molecule has 56 valence electrons. The number of nitrogens with zero attached hydrogens (tertiary/aromatic N) is 3. The van der Waals surface area contributed by atoms with Gasteiger partial charge < -0.3 is 5.32 Å². The third kappa shape index (κ3) is 0.832. The highest BCUT2D eigenvalue weighted by Gasteiger charge is 1.97. The van der Waals surface area contributed by atoms with Crippen LogP contribution in [0, 0.1) is 0 Å². The predicted octanol–water partition coefficient (Wildman–Crippen LogP) is 0.771. The van der Waals surface area contributed by atoms with Gasteiger partial charge >= 0.3 is 0 Å². The number of anilines is 1.